The van der Waals surface area contributed by atoms with Crippen molar-refractivity contribution in [3.8, 4) is 5.75 Å². The van der Waals surface area contributed by atoms with Crippen molar-refractivity contribution >= 4 is 16.8 Å². The van der Waals surface area contributed by atoms with Crippen LogP contribution < -0.4 is 5.43 Å². The number of nitrogens with zero attached hydrogens (tertiary/aromatic N) is 3. The summed E-state index contributed by atoms with van der Waals surface area (Å²) in [6.07, 6.45) is 2.44. The number of benzene rings is 1. The van der Waals surface area contributed by atoms with Crippen LogP contribution in [0.3, 0.4) is 0 Å². The molecule has 4 aromatic rings. The maximum Gasteiger partial charge on any atom is 0.227 e. The molecule has 5 rings (SSSR count). The van der Waals surface area contributed by atoms with E-state index in [1.807, 2.05) is 23.1 Å². The lowest BCUT2D eigenvalue weighted by molar-refractivity contribution is -0.132. The van der Waals surface area contributed by atoms with Crippen LogP contribution in [0.5, 0.6) is 5.75 Å². The van der Waals surface area contributed by atoms with Gasteiger partial charge < -0.3 is 19.4 Å². The van der Waals surface area contributed by atoms with Gasteiger partial charge >= 0.3 is 0 Å². The number of carbonyl (C=O) groups is 1. The van der Waals surface area contributed by atoms with Gasteiger partial charge in [-0.05, 0) is 31.0 Å². The number of aryl methyl sites for hydroxylation is 2. The summed E-state index contributed by atoms with van der Waals surface area (Å²) < 4.78 is 7.38. The van der Waals surface area contributed by atoms with E-state index >= 15 is 0 Å². The maximum absolute atomic E-state index is 13.4. The number of aromatic nitrogens is 3. The van der Waals surface area contributed by atoms with Crippen molar-refractivity contribution in [1.29, 1.82) is 0 Å². The zero-order chi connectivity index (χ0) is 22.4. The fraction of sp³-hybridized carbons (Fsp3) is 0.292. The third-order valence-electron chi connectivity index (χ3n) is 6.22. The van der Waals surface area contributed by atoms with Crippen molar-refractivity contribution in [2.24, 2.45) is 7.05 Å². The average molecular weight is 432 g/mol. The number of amides is 1. The standard InChI is InChI=1S/C24H24N4O4/c1-14-11-21(29)23(31)24(32-14)17(20-7-9-25-27(20)2)12-22(30)28-10-8-16-15-5-3-4-6-18(15)26-19(16)13-28/h3-7,9,11,17,26,31H,8,10,12-13H2,1-2H3/t17-/m0/s1. The molecule has 1 aliphatic heterocycles. The minimum Gasteiger partial charge on any atom is -0.502 e. The summed E-state index contributed by atoms with van der Waals surface area (Å²) in [6.45, 7) is 2.74. The van der Waals surface area contributed by atoms with Gasteiger partial charge in [-0.3, -0.25) is 14.3 Å². The highest BCUT2D eigenvalue weighted by molar-refractivity contribution is 5.85. The monoisotopic (exact) mass is 432 g/mol. The molecule has 0 saturated heterocycles. The number of hydrogen-bond acceptors (Lipinski definition) is 5. The number of hydrogen-bond donors (Lipinski definition) is 2. The van der Waals surface area contributed by atoms with Crippen LogP contribution in [0.2, 0.25) is 0 Å². The van der Waals surface area contributed by atoms with Gasteiger partial charge in [0, 0.05) is 54.6 Å². The lowest BCUT2D eigenvalue weighted by atomic mass is 9.95. The molecule has 0 saturated carbocycles. The maximum atomic E-state index is 13.4. The van der Waals surface area contributed by atoms with Crippen LogP contribution in [-0.4, -0.2) is 37.2 Å². The summed E-state index contributed by atoms with van der Waals surface area (Å²) in [5.74, 6) is -0.708. The van der Waals surface area contributed by atoms with Crippen molar-refractivity contribution in [3.05, 3.63) is 81.3 Å². The van der Waals surface area contributed by atoms with Gasteiger partial charge in [0.2, 0.25) is 17.1 Å². The number of aromatic amines is 1. The summed E-state index contributed by atoms with van der Waals surface area (Å²) in [4.78, 5) is 30.8. The van der Waals surface area contributed by atoms with Crippen LogP contribution in [0.4, 0.5) is 0 Å². The molecule has 3 aromatic heterocycles. The zero-order valence-electron chi connectivity index (χ0n) is 18.0. The first-order valence-electron chi connectivity index (χ1n) is 10.6. The molecule has 4 heterocycles. The fourth-order valence-electron chi connectivity index (χ4n) is 4.63. The van der Waals surface area contributed by atoms with Gasteiger partial charge in [0.1, 0.15) is 5.76 Å². The molecule has 8 heteroatoms. The molecule has 0 unspecified atom stereocenters. The van der Waals surface area contributed by atoms with Gasteiger partial charge in [0.05, 0.1) is 12.5 Å². The predicted octanol–water partition coefficient (Wildman–Crippen LogP) is 2.98. The van der Waals surface area contributed by atoms with Gasteiger partial charge in [0.15, 0.2) is 5.76 Å². The molecule has 0 radical (unpaired) electrons. The van der Waals surface area contributed by atoms with Gasteiger partial charge in [0.25, 0.3) is 0 Å². The first kappa shape index (κ1) is 20.1. The molecule has 1 aliphatic rings. The van der Waals surface area contributed by atoms with E-state index in [0.717, 1.165) is 17.6 Å². The molecule has 0 aliphatic carbocycles. The van der Waals surface area contributed by atoms with Crippen molar-refractivity contribution in [2.75, 3.05) is 6.54 Å². The highest BCUT2D eigenvalue weighted by Crippen LogP contribution is 2.34. The van der Waals surface area contributed by atoms with E-state index in [2.05, 4.69) is 16.1 Å². The Bertz CT molecular complexity index is 1380. The second-order valence-corrected chi connectivity index (χ2v) is 8.26. The molecule has 32 heavy (non-hydrogen) atoms. The Morgan fingerprint density at radius 2 is 2.12 bits per heavy atom. The fourth-order valence-corrected chi connectivity index (χ4v) is 4.63. The smallest absolute Gasteiger partial charge is 0.227 e. The number of H-pyrrole nitrogens is 1. The quantitative estimate of drug-likeness (QED) is 0.516. The second-order valence-electron chi connectivity index (χ2n) is 8.26. The van der Waals surface area contributed by atoms with E-state index in [-0.39, 0.29) is 18.1 Å². The van der Waals surface area contributed by atoms with E-state index in [0.29, 0.717) is 24.5 Å². The van der Waals surface area contributed by atoms with Crippen molar-refractivity contribution in [2.45, 2.75) is 32.2 Å². The zero-order valence-corrected chi connectivity index (χ0v) is 18.0. The summed E-state index contributed by atoms with van der Waals surface area (Å²) in [7, 11) is 1.76. The van der Waals surface area contributed by atoms with Crippen LogP contribution in [0.1, 0.15) is 40.8 Å². The molecule has 2 N–H and O–H groups in total. The molecule has 0 spiro atoms. The van der Waals surface area contributed by atoms with Crippen molar-refractivity contribution in [3.63, 3.8) is 0 Å². The third-order valence-corrected chi connectivity index (χ3v) is 6.22. The number of nitrogens with one attached hydrogen (secondary N) is 1. The third kappa shape index (κ3) is 3.37. The van der Waals surface area contributed by atoms with Crippen LogP contribution in [-0.2, 0) is 24.8 Å². The summed E-state index contributed by atoms with van der Waals surface area (Å²) >= 11 is 0. The average Bonchev–Trinajstić information content (AvgIpc) is 3.37. The molecule has 1 amide bonds. The topological polar surface area (TPSA) is 104 Å². The Morgan fingerprint density at radius 1 is 1.31 bits per heavy atom. The lowest BCUT2D eigenvalue weighted by Crippen LogP contribution is -2.36. The van der Waals surface area contributed by atoms with E-state index in [4.69, 9.17) is 4.42 Å². The van der Waals surface area contributed by atoms with Crippen LogP contribution >= 0.6 is 0 Å². The van der Waals surface area contributed by atoms with Crippen LogP contribution in [0, 0.1) is 6.92 Å². The van der Waals surface area contributed by atoms with E-state index in [1.165, 1.54) is 17.0 Å². The van der Waals surface area contributed by atoms with Gasteiger partial charge in [-0.2, -0.15) is 5.10 Å². The first-order chi connectivity index (χ1) is 15.4. The number of aromatic hydroxyl groups is 1. The minimum atomic E-state index is -0.633. The Balaban J connectivity index is 1.46. The number of para-hydroxylation sites is 1. The number of rotatable bonds is 4. The summed E-state index contributed by atoms with van der Waals surface area (Å²) in [5, 5.41) is 15.8. The predicted molar refractivity (Wildman–Crippen MR) is 118 cm³/mol. The normalized spacial score (nSPS) is 14.5. The SMILES string of the molecule is Cc1cc(=O)c(O)c([C@@H](CC(=O)N2CCc3c([nH]c4ccccc34)C2)c2ccnn2C)o1. The van der Waals surface area contributed by atoms with E-state index < -0.39 is 17.1 Å². The highest BCUT2D eigenvalue weighted by Gasteiger charge is 2.31. The van der Waals surface area contributed by atoms with E-state index in [9.17, 15) is 14.7 Å². The molecule has 0 bridgehead atoms. The van der Waals surface area contributed by atoms with Crippen molar-refractivity contribution in [1.82, 2.24) is 19.7 Å². The first-order valence-corrected chi connectivity index (χ1v) is 10.6. The molecule has 0 fully saturated rings. The van der Waals surface area contributed by atoms with Gasteiger partial charge in [-0.1, -0.05) is 18.2 Å². The van der Waals surface area contributed by atoms with Gasteiger partial charge in [-0.15, -0.1) is 0 Å². The second kappa shape index (κ2) is 7.71. The lowest BCUT2D eigenvalue weighted by Gasteiger charge is -2.29. The largest absolute Gasteiger partial charge is 0.502 e. The van der Waals surface area contributed by atoms with Crippen LogP contribution in [0.15, 0.2) is 51.8 Å². The van der Waals surface area contributed by atoms with Gasteiger partial charge in [-0.25, -0.2) is 0 Å². The van der Waals surface area contributed by atoms with Crippen LogP contribution in [0.25, 0.3) is 10.9 Å². The van der Waals surface area contributed by atoms with Crippen molar-refractivity contribution < 1.29 is 14.3 Å². The molecular formula is C24H24N4O4. The number of fused-ring (bicyclic) bond motifs is 3. The summed E-state index contributed by atoms with van der Waals surface area (Å²) in [5.41, 5.74) is 3.55. The summed E-state index contributed by atoms with van der Waals surface area (Å²) in [6, 6.07) is 11.2. The molecule has 164 valence electrons. The Hall–Kier alpha value is -3.81. The molecular weight excluding hydrogens is 408 g/mol. The Kier molecular flexibility index (Phi) is 4.84. The molecule has 1 atom stereocenters. The molecule has 8 nitrogen and oxygen atoms in total. The number of carbonyl (C=O) groups excluding carboxylic acids is 1. The van der Waals surface area contributed by atoms with E-state index in [1.54, 1.807) is 30.9 Å². The highest BCUT2D eigenvalue weighted by atomic mass is 16.4. The Labute approximate surface area is 184 Å². The molecule has 1 aromatic carbocycles. The minimum absolute atomic E-state index is 0.0506. The Morgan fingerprint density at radius 3 is 2.91 bits per heavy atom.